The van der Waals surface area contributed by atoms with Crippen molar-refractivity contribution in [3.05, 3.63) is 41.5 Å². The van der Waals surface area contributed by atoms with Crippen molar-refractivity contribution in [2.75, 3.05) is 27.7 Å². The molecule has 0 radical (unpaired) electrons. The third-order valence-electron chi connectivity index (χ3n) is 2.27. The standard InChI is InChI=1S/C15H21N3O/c1-13(10-14-8-6-5-7-9-14)11-16-17-15(19)12-18(2,3)4/h5-11H,12H2,1-4H3/p+1. The number of carbonyl (C=O) groups excluding carboxylic acids is 1. The lowest BCUT2D eigenvalue weighted by molar-refractivity contribution is -0.862. The van der Waals surface area contributed by atoms with Gasteiger partial charge in [-0.15, -0.1) is 0 Å². The minimum Gasteiger partial charge on any atom is -0.323 e. The molecule has 0 heterocycles. The lowest BCUT2D eigenvalue weighted by Crippen LogP contribution is -2.43. The first-order valence-corrected chi connectivity index (χ1v) is 6.22. The molecular weight excluding hydrogens is 238 g/mol. The number of hydrazone groups is 1. The summed E-state index contributed by atoms with van der Waals surface area (Å²) in [5.74, 6) is -0.0868. The van der Waals surface area contributed by atoms with Crippen LogP contribution in [0, 0.1) is 0 Å². The van der Waals surface area contributed by atoms with Crippen molar-refractivity contribution in [1.82, 2.24) is 5.43 Å². The zero-order chi connectivity index (χ0) is 14.3. The average molecular weight is 260 g/mol. The van der Waals surface area contributed by atoms with Crippen LogP contribution in [0.25, 0.3) is 6.08 Å². The minimum absolute atomic E-state index is 0.0868. The smallest absolute Gasteiger partial charge is 0.295 e. The number of benzene rings is 1. The van der Waals surface area contributed by atoms with E-state index >= 15 is 0 Å². The van der Waals surface area contributed by atoms with Crippen LogP contribution >= 0.6 is 0 Å². The second-order valence-corrected chi connectivity index (χ2v) is 5.54. The van der Waals surface area contributed by atoms with Gasteiger partial charge in [-0.25, -0.2) is 5.43 Å². The van der Waals surface area contributed by atoms with E-state index in [4.69, 9.17) is 0 Å². The number of nitrogens with zero attached hydrogens (tertiary/aromatic N) is 2. The molecule has 19 heavy (non-hydrogen) atoms. The maximum atomic E-state index is 11.5. The van der Waals surface area contributed by atoms with E-state index in [1.54, 1.807) is 6.21 Å². The molecule has 0 atom stereocenters. The molecule has 0 bridgehead atoms. The summed E-state index contributed by atoms with van der Waals surface area (Å²) in [4.78, 5) is 11.5. The molecule has 1 amide bonds. The summed E-state index contributed by atoms with van der Waals surface area (Å²) in [6, 6.07) is 9.99. The molecule has 1 rings (SSSR count). The predicted octanol–water partition coefficient (Wildman–Crippen LogP) is 1.90. The fourth-order valence-electron chi connectivity index (χ4n) is 1.52. The van der Waals surface area contributed by atoms with Gasteiger partial charge in [0.05, 0.1) is 27.4 Å². The van der Waals surface area contributed by atoms with Gasteiger partial charge in [-0.3, -0.25) is 4.79 Å². The maximum absolute atomic E-state index is 11.5. The van der Waals surface area contributed by atoms with Gasteiger partial charge in [0.25, 0.3) is 5.91 Å². The topological polar surface area (TPSA) is 41.5 Å². The van der Waals surface area contributed by atoms with Gasteiger partial charge < -0.3 is 4.48 Å². The Morgan fingerprint density at radius 2 is 1.89 bits per heavy atom. The molecule has 1 aromatic rings. The first kappa shape index (κ1) is 15.1. The Labute approximate surface area is 115 Å². The van der Waals surface area contributed by atoms with Crippen molar-refractivity contribution in [1.29, 1.82) is 0 Å². The summed E-state index contributed by atoms with van der Waals surface area (Å²) < 4.78 is 0.584. The van der Waals surface area contributed by atoms with Gasteiger partial charge in [-0.1, -0.05) is 36.4 Å². The third-order valence-corrected chi connectivity index (χ3v) is 2.27. The Morgan fingerprint density at radius 3 is 2.47 bits per heavy atom. The van der Waals surface area contributed by atoms with Crippen molar-refractivity contribution < 1.29 is 9.28 Å². The number of amides is 1. The summed E-state index contributed by atoms with van der Waals surface area (Å²) >= 11 is 0. The number of hydrogen-bond donors (Lipinski definition) is 1. The van der Waals surface area contributed by atoms with Crippen LogP contribution in [0.2, 0.25) is 0 Å². The van der Waals surface area contributed by atoms with E-state index in [1.165, 1.54) is 0 Å². The van der Waals surface area contributed by atoms with Crippen LogP contribution in [0.3, 0.4) is 0 Å². The molecule has 0 saturated carbocycles. The second kappa shape index (κ2) is 6.85. The predicted molar refractivity (Wildman–Crippen MR) is 79.6 cm³/mol. The van der Waals surface area contributed by atoms with Crippen molar-refractivity contribution in [3.8, 4) is 0 Å². The van der Waals surface area contributed by atoms with Gasteiger partial charge in [-0.05, 0) is 18.1 Å². The molecule has 0 saturated heterocycles. The van der Waals surface area contributed by atoms with E-state index in [-0.39, 0.29) is 5.91 Å². The Morgan fingerprint density at radius 1 is 1.26 bits per heavy atom. The average Bonchev–Trinajstić information content (AvgIpc) is 2.27. The maximum Gasteiger partial charge on any atom is 0.295 e. The van der Waals surface area contributed by atoms with Crippen LogP contribution in [0.4, 0.5) is 0 Å². The van der Waals surface area contributed by atoms with Gasteiger partial charge in [0.2, 0.25) is 0 Å². The first-order chi connectivity index (χ1) is 8.87. The molecule has 0 fully saturated rings. The fourth-order valence-corrected chi connectivity index (χ4v) is 1.52. The van der Waals surface area contributed by atoms with Gasteiger partial charge in [-0.2, -0.15) is 5.10 Å². The number of nitrogens with one attached hydrogen (secondary N) is 1. The van der Waals surface area contributed by atoms with Crippen molar-refractivity contribution in [2.24, 2.45) is 5.10 Å². The molecular formula is C15H22N3O+. The SMILES string of the molecule is CC(C=NNC(=O)C[N+](C)(C)C)=Cc1ccccc1. The Kier molecular flexibility index (Phi) is 5.45. The highest BCUT2D eigenvalue weighted by Crippen LogP contribution is 2.04. The van der Waals surface area contributed by atoms with E-state index in [1.807, 2.05) is 64.5 Å². The molecule has 0 aliphatic carbocycles. The minimum atomic E-state index is -0.0868. The summed E-state index contributed by atoms with van der Waals surface area (Å²) in [6.07, 6.45) is 3.66. The highest BCUT2D eigenvalue weighted by atomic mass is 16.2. The van der Waals surface area contributed by atoms with E-state index in [0.717, 1.165) is 11.1 Å². The highest BCUT2D eigenvalue weighted by Gasteiger charge is 2.12. The van der Waals surface area contributed by atoms with Crippen LogP contribution in [0.15, 0.2) is 41.0 Å². The zero-order valence-electron chi connectivity index (χ0n) is 12.1. The van der Waals surface area contributed by atoms with Crippen molar-refractivity contribution >= 4 is 18.2 Å². The van der Waals surface area contributed by atoms with Crippen LogP contribution in [0.5, 0.6) is 0 Å². The number of allylic oxidation sites excluding steroid dienone is 1. The van der Waals surface area contributed by atoms with Crippen LogP contribution in [-0.4, -0.2) is 44.3 Å². The Balaban J connectivity index is 2.49. The monoisotopic (exact) mass is 260 g/mol. The number of hydrogen-bond acceptors (Lipinski definition) is 2. The highest BCUT2D eigenvalue weighted by molar-refractivity contribution is 5.86. The lowest BCUT2D eigenvalue weighted by atomic mass is 10.1. The third kappa shape index (κ3) is 7.16. The molecule has 102 valence electrons. The number of carbonyl (C=O) groups is 1. The summed E-state index contributed by atoms with van der Waals surface area (Å²) in [6.45, 7) is 2.35. The molecule has 1 N–H and O–H groups in total. The summed E-state index contributed by atoms with van der Waals surface area (Å²) in [7, 11) is 5.89. The van der Waals surface area contributed by atoms with Crippen LogP contribution in [0.1, 0.15) is 12.5 Å². The molecule has 4 nitrogen and oxygen atoms in total. The molecule has 1 aromatic carbocycles. The van der Waals surface area contributed by atoms with Gasteiger partial charge in [0, 0.05) is 0 Å². The van der Waals surface area contributed by atoms with E-state index in [0.29, 0.717) is 11.0 Å². The number of likely N-dealkylation sites (N-methyl/N-ethyl adjacent to an activating group) is 1. The van der Waals surface area contributed by atoms with Gasteiger partial charge in [0.1, 0.15) is 0 Å². The van der Waals surface area contributed by atoms with Crippen molar-refractivity contribution in [3.63, 3.8) is 0 Å². The number of rotatable bonds is 5. The fraction of sp³-hybridized carbons (Fsp3) is 0.333. The Bertz CT molecular complexity index is 470. The van der Waals surface area contributed by atoms with E-state index in [9.17, 15) is 4.79 Å². The number of quaternary nitrogens is 1. The van der Waals surface area contributed by atoms with Crippen molar-refractivity contribution in [2.45, 2.75) is 6.92 Å². The van der Waals surface area contributed by atoms with E-state index < -0.39 is 0 Å². The normalized spacial score (nSPS) is 12.7. The molecule has 0 aliphatic heterocycles. The van der Waals surface area contributed by atoms with Gasteiger partial charge >= 0.3 is 0 Å². The quantitative estimate of drug-likeness (QED) is 0.490. The van der Waals surface area contributed by atoms with Crippen LogP contribution in [-0.2, 0) is 4.79 Å². The second-order valence-electron chi connectivity index (χ2n) is 5.54. The zero-order valence-corrected chi connectivity index (χ0v) is 12.1. The summed E-state index contributed by atoms with van der Waals surface area (Å²) in [5, 5.41) is 3.95. The largest absolute Gasteiger partial charge is 0.323 e. The van der Waals surface area contributed by atoms with E-state index in [2.05, 4.69) is 10.5 Å². The molecule has 0 unspecified atom stereocenters. The molecule has 0 spiro atoms. The van der Waals surface area contributed by atoms with Crippen LogP contribution < -0.4 is 5.43 Å². The Hall–Kier alpha value is -1.94. The molecule has 0 aromatic heterocycles. The molecule has 4 heteroatoms. The molecule has 0 aliphatic rings. The lowest BCUT2D eigenvalue weighted by Gasteiger charge is -2.21. The summed E-state index contributed by atoms with van der Waals surface area (Å²) in [5.41, 5.74) is 4.63. The first-order valence-electron chi connectivity index (χ1n) is 6.22. The van der Waals surface area contributed by atoms with Gasteiger partial charge in [0.15, 0.2) is 6.54 Å².